The van der Waals surface area contributed by atoms with E-state index in [4.69, 9.17) is 16.3 Å². The fourth-order valence-corrected chi connectivity index (χ4v) is 2.49. The highest BCUT2D eigenvalue weighted by Gasteiger charge is 2.38. The Morgan fingerprint density at radius 3 is 2.82 bits per heavy atom. The average Bonchev–Trinajstić information content (AvgIpc) is 3.04. The highest BCUT2D eigenvalue weighted by molar-refractivity contribution is 6.31. The van der Waals surface area contributed by atoms with Gasteiger partial charge in [0.15, 0.2) is 5.69 Å². The molecule has 22 heavy (non-hydrogen) atoms. The van der Waals surface area contributed by atoms with Crippen LogP contribution in [0.2, 0.25) is 5.02 Å². The summed E-state index contributed by atoms with van der Waals surface area (Å²) >= 11 is 5.64. The Morgan fingerprint density at radius 1 is 1.55 bits per heavy atom. The molecule has 1 aliphatic rings. The lowest BCUT2D eigenvalue weighted by molar-refractivity contribution is -0.141. The minimum Gasteiger partial charge on any atom is -0.376 e. The second kappa shape index (κ2) is 6.87. The Morgan fingerprint density at radius 2 is 2.27 bits per heavy atom. The summed E-state index contributed by atoms with van der Waals surface area (Å²) in [4.78, 5) is 11.7. The number of ether oxygens (including phenoxy) is 1. The standard InChI is InChI=1S/C13H17ClF3N3O2/c1-8-11(14)12(13(15,16)17)19-20(8)5-4-10(21)18-7-9-3-2-6-22-9/h9H,2-7H2,1H3,(H,18,21)/t9-/m0/s1. The highest BCUT2D eigenvalue weighted by atomic mass is 35.5. The number of aromatic nitrogens is 2. The van der Waals surface area contributed by atoms with Crippen molar-refractivity contribution in [2.45, 2.75) is 45.0 Å². The van der Waals surface area contributed by atoms with Crippen molar-refractivity contribution in [1.29, 1.82) is 0 Å². The molecule has 5 nitrogen and oxygen atoms in total. The fraction of sp³-hybridized carbons (Fsp3) is 0.692. The predicted octanol–water partition coefficient (Wildman–Crippen LogP) is 2.55. The number of hydrogen-bond donors (Lipinski definition) is 1. The van der Waals surface area contributed by atoms with Crippen molar-refractivity contribution in [3.05, 3.63) is 16.4 Å². The van der Waals surface area contributed by atoms with Crippen molar-refractivity contribution < 1.29 is 22.7 Å². The Bertz CT molecular complexity index is 539. The number of carbonyl (C=O) groups is 1. The van der Waals surface area contributed by atoms with Gasteiger partial charge in [0.2, 0.25) is 5.91 Å². The van der Waals surface area contributed by atoms with Gasteiger partial charge in [-0.15, -0.1) is 0 Å². The van der Waals surface area contributed by atoms with E-state index in [1.54, 1.807) is 0 Å². The van der Waals surface area contributed by atoms with Crippen LogP contribution in [0.1, 0.15) is 30.7 Å². The van der Waals surface area contributed by atoms with E-state index in [1.165, 1.54) is 6.92 Å². The third-order valence-electron chi connectivity index (χ3n) is 3.50. The van der Waals surface area contributed by atoms with Crippen LogP contribution in [0.25, 0.3) is 0 Å². The van der Waals surface area contributed by atoms with Crippen LogP contribution in [-0.2, 0) is 22.3 Å². The summed E-state index contributed by atoms with van der Waals surface area (Å²) in [7, 11) is 0. The second-order valence-electron chi connectivity index (χ2n) is 5.16. The van der Waals surface area contributed by atoms with Gasteiger partial charge in [0.05, 0.1) is 23.4 Å². The molecule has 0 unspecified atom stereocenters. The number of carbonyl (C=O) groups excluding carboxylic acids is 1. The van der Waals surface area contributed by atoms with Gasteiger partial charge in [0.25, 0.3) is 0 Å². The normalized spacial score (nSPS) is 18.7. The molecule has 1 saturated heterocycles. The highest BCUT2D eigenvalue weighted by Crippen LogP contribution is 2.35. The van der Waals surface area contributed by atoms with Crippen LogP contribution in [0.3, 0.4) is 0 Å². The smallest absolute Gasteiger partial charge is 0.376 e. The molecule has 2 heterocycles. The van der Waals surface area contributed by atoms with Crippen molar-refractivity contribution >= 4 is 17.5 Å². The third-order valence-corrected chi connectivity index (χ3v) is 3.96. The minimum absolute atomic E-state index is 0.0293. The van der Waals surface area contributed by atoms with E-state index < -0.39 is 16.9 Å². The largest absolute Gasteiger partial charge is 0.436 e. The first-order chi connectivity index (χ1) is 10.3. The van der Waals surface area contributed by atoms with Crippen LogP contribution in [0, 0.1) is 6.92 Å². The van der Waals surface area contributed by atoms with Crippen molar-refractivity contribution in [1.82, 2.24) is 15.1 Å². The van der Waals surface area contributed by atoms with E-state index in [9.17, 15) is 18.0 Å². The molecule has 1 fully saturated rings. The van der Waals surface area contributed by atoms with Gasteiger partial charge < -0.3 is 10.1 Å². The molecular formula is C13H17ClF3N3O2. The summed E-state index contributed by atoms with van der Waals surface area (Å²) in [5.41, 5.74) is -0.924. The van der Waals surface area contributed by atoms with Crippen LogP contribution in [0.5, 0.6) is 0 Å². The van der Waals surface area contributed by atoms with Gasteiger partial charge in [-0.05, 0) is 19.8 Å². The van der Waals surface area contributed by atoms with E-state index >= 15 is 0 Å². The summed E-state index contributed by atoms with van der Waals surface area (Å²) < 4.78 is 44.5. The fourth-order valence-electron chi connectivity index (χ4n) is 2.25. The summed E-state index contributed by atoms with van der Waals surface area (Å²) in [6.45, 7) is 2.60. The number of nitrogens with one attached hydrogen (secondary N) is 1. The summed E-state index contributed by atoms with van der Waals surface area (Å²) in [6, 6.07) is 0. The zero-order valence-corrected chi connectivity index (χ0v) is 12.8. The van der Waals surface area contributed by atoms with Gasteiger partial charge >= 0.3 is 6.18 Å². The third kappa shape index (κ3) is 4.13. The van der Waals surface area contributed by atoms with Gasteiger partial charge in [-0.1, -0.05) is 11.6 Å². The monoisotopic (exact) mass is 339 g/mol. The van der Waals surface area contributed by atoms with Crippen LogP contribution >= 0.6 is 11.6 Å². The predicted molar refractivity (Wildman–Crippen MR) is 73.6 cm³/mol. The first-order valence-electron chi connectivity index (χ1n) is 6.97. The zero-order chi connectivity index (χ0) is 16.3. The van der Waals surface area contributed by atoms with E-state index in [2.05, 4.69) is 10.4 Å². The summed E-state index contributed by atoms with van der Waals surface area (Å²) in [5, 5.41) is 5.73. The van der Waals surface area contributed by atoms with E-state index in [0.29, 0.717) is 13.2 Å². The molecule has 1 N–H and O–H groups in total. The molecule has 2 rings (SSSR count). The molecule has 0 aromatic carbocycles. The molecule has 1 aromatic heterocycles. The zero-order valence-electron chi connectivity index (χ0n) is 12.0. The number of hydrogen-bond acceptors (Lipinski definition) is 3. The van der Waals surface area contributed by atoms with Gasteiger partial charge in [0, 0.05) is 19.6 Å². The number of alkyl halides is 3. The Labute approximate surface area is 130 Å². The number of nitrogens with zero attached hydrogens (tertiary/aromatic N) is 2. The molecule has 124 valence electrons. The van der Waals surface area contributed by atoms with Gasteiger partial charge in [0.1, 0.15) is 0 Å². The van der Waals surface area contributed by atoms with E-state index in [0.717, 1.165) is 17.5 Å². The maximum absolute atomic E-state index is 12.7. The van der Waals surface area contributed by atoms with E-state index in [-0.39, 0.29) is 30.7 Å². The van der Waals surface area contributed by atoms with Crippen LogP contribution in [0.4, 0.5) is 13.2 Å². The van der Waals surface area contributed by atoms with Crippen LogP contribution in [-0.4, -0.2) is 34.9 Å². The number of amides is 1. The summed E-state index contributed by atoms with van der Waals surface area (Å²) in [5.74, 6) is -0.255. The number of halogens is 4. The molecule has 0 radical (unpaired) electrons. The molecule has 9 heteroatoms. The SMILES string of the molecule is Cc1c(Cl)c(C(F)(F)F)nn1CCC(=O)NC[C@@H]1CCCO1. The molecule has 1 aromatic rings. The topological polar surface area (TPSA) is 56.2 Å². The lowest BCUT2D eigenvalue weighted by Crippen LogP contribution is -2.32. The molecule has 1 atom stereocenters. The Kier molecular flexibility index (Phi) is 5.33. The lowest BCUT2D eigenvalue weighted by Gasteiger charge is -2.11. The van der Waals surface area contributed by atoms with E-state index in [1.807, 2.05) is 0 Å². The van der Waals surface area contributed by atoms with Gasteiger partial charge in [-0.2, -0.15) is 18.3 Å². The molecule has 1 aliphatic heterocycles. The number of aryl methyl sites for hydroxylation is 1. The molecular weight excluding hydrogens is 323 g/mol. The molecule has 0 aliphatic carbocycles. The van der Waals surface area contributed by atoms with Crippen molar-refractivity contribution in [2.75, 3.05) is 13.2 Å². The molecule has 0 spiro atoms. The maximum atomic E-state index is 12.7. The molecule has 0 saturated carbocycles. The first kappa shape index (κ1) is 17.1. The average molecular weight is 340 g/mol. The van der Waals surface area contributed by atoms with Crippen molar-refractivity contribution in [3.63, 3.8) is 0 Å². The number of rotatable bonds is 5. The minimum atomic E-state index is -4.60. The Hall–Kier alpha value is -1.28. The first-order valence-corrected chi connectivity index (χ1v) is 7.35. The van der Waals surface area contributed by atoms with Crippen LogP contribution < -0.4 is 5.32 Å². The maximum Gasteiger partial charge on any atom is 0.436 e. The quantitative estimate of drug-likeness (QED) is 0.897. The molecule has 0 bridgehead atoms. The molecule has 1 amide bonds. The lowest BCUT2D eigenvalue weighted by atomic mass is 10.2. The van der Waals surface area contributed by atoms with Crippen LogP contribution in [0.15, 0.2) is 0 Å². The van der Waals surface area contributed by atoms with Crippen molar-refractivity contribution in [2.24, 2.45) is 0 Å². The van der Waals surface area contributed by atoms with Gasteiger partial charge in [-0.3, -0.25) is 9.48 Å². The van der Waals surface area contributed by atoms with Crippen molar-refractivity contribution in [3.8, 4) is 0 Å². The summed E-state index contributed by atoms with van der Waals surface area (Å²) in [6.07, 6.45) is -2.66. The van der Waals surface area contributed by atoms with Gasteiger partial charge in [-0.25, -0.2) is 0 Å². The second-order valence-corrected chi connectivity index (χ2v) is 5.54. The Balaban J connectivity index is 1.87.